The van der Waals surface area contributed by atoms with Gasteiger partial charge >= 0.3 is 0 Å². The van der Waals surface area contributed by atoms with Gasteiger partial charge in [0.05, 0.1) is 11.8 Å². The highest BCUT2D eigenvalue weighted by Crippen LogP contribution is 2.39. The molecule has 1 aromatic heterocycles. The molecule has 6 nitrogen and oxygen atoms in total. The molecule has 1 aliphatic rings. The highest BCUT2D eigenvalue weighted by Gasteiger charge is 2.31. The molecule has 0 bridgehead atoms. The number of hydrogen-bond donors (Lipinski definition) is 1. The maximum atomic E-state index is 12.1. The highest BCUT2D eigenvalue weighted by molar-refractivity contribution is 7.99. The summed E-state index contributed by atoms with van der Waals surface area (Å²) in [5, 5.41) is 21.3. The van der Waals surface area contributed by atoms with Gasteiger partial charge in [-0.1, -0.05) is 25.6 Å². The number of rotatable bonds is 7. The molecule has 22 heavy (non-hydrogen) atoms. The third-order valence-electron chi connectivity index (χ3n) is 4.12. The molecule has 0 radical (unpaired) electrons. The van der Waals surface area contributed by atoms with Gasteiger partial charge in [0.15, 0.2) is 5.16 Å². The third kappa shape index (κ3) is 3.61. The number of thioether (sulfide) groups is 1. The number of carbonyl (C=O) groups is 1. The highest BCUT2D eigenvalue weighted by atomic mass is 32.2. The van der Waals surface area contributed by atoms with Crippen molar-refractivity contribution in [3.63, 3.8) is 0 Å². The number of nitriles is 1. The molecule has 0 aromatic carbocycles. The second-order valence-electron chi connectivity index (χ2n) is 6.17. The van der Waals surface area contributed by atoms with E-state index in [0.29, 0.717) is 5.92 Å². The quantitative estimate of drug-likeness (QED) is 0.779. The molecule has 7 heteroatoms. The van der Waals surface area contributed by atoms with Crippen LogP contribution in [0, 0.1) is 17.2 Å². The molecule has 2 rings (SSSR count). The average Bonchev–Trinajstić information content (AvgIpc) is 3.24. The van der Waals surface area contributed by atoms with E-state index in [-0.39, 0.29) is 17.6 Å². The summed E-state index contributed by atoms with van der Waals surface area (Å²) in [6.07, 6.45) is 2.36. The van der Waals surface area contributed by atoms with Gasteiger partial charge in [0, 0.05) is 12.5 Å². The van der Waals surface area contributed by atoms with E-state index in [1.165, 1.54) is 24.6 Å². The lowest BCUT2D eigenvalue weighted by Crippen LogP contribution is -2.49. The zero-order valence-electron chi connectivity index (χ0n) is 13.6. The standard InChI is InChI=1S/C15H23N5OS/c1-5-20-13(11-6-7-11)18-19-14(20)22-8-12(21)17-15(4,9-16)10(2)3/h10-11H,5-8H2,1-4H3,(H,17,21)/t15-/m0/s1. The van der Waals surface area contributed by atoms with E-state index in [2.05, 4.69) is 33.1 Å². The first-order valence-corrected chi connectivity index (χ1v) is 8.68. The van der Waals surface area contributed by atoms with Crippen molar-refractivity contribution in [1.29, 1.82) is 5.26 Å². The van der Waals surface area contributed by atoms with Crippen LogP contribution in [0.3, 0.4) is 0 Å². The first-order valence-electron chi connectivity index (χ1n) is 7.69. The molecule has 0 spiro atoms. The Kier molecular flexibility index (Phi) is 5.12. The molecule has 0 saturated heterocycles. The predicted octanol–water partition coefficient (Wildman–Crippen LogP) is 2.32. The summed E-state index contributed by atoms with van der Waals surface area (Å²) in [4.78, 5) is 12.1. The molecule has 1 atom stereocenters. The van der Waals surface area contributed by atoms with Gasteiger partial charge in [0.1, 0.15) is 11.4 Å². The van der Waals surface area contributed by atoms with Crippen molar-refractivity contribution >= 4 is 17.7 Å². The topological polar surface area (TPSA) is 83.6 Å². The minimum Gasteiger partial charge on any atom is -0.337 e. The molecule has 1 amide bonds. The van der Waals surface area contributed by atoms with Gasteiger partial charge in [-0.3, -0.25) is 4.79 Å². The number of hydrogen-bond acceptors (Lipinski definition) is 5. The smallest absolute Gasteiger partial charge is 0.231 e. The van der Waals surface area contributed by atoms with Crippen LogP contribution in [0.25, 0.3) is 0 Å². The van der Waals surface area contributed by atoms with Gasteiger partial charge < -0.3 is 9.88 Å². The molecule has 0 aliphatic heterocycles. The lowest BCUT2D eigenvalue weighted by atomic mass is 9.90. The Hall–Kier alpha value is -1.55. The monoisotopic (exact) mass is 321 g/mol. The Morgan fingerprint density at radius 3 is 2.73 bits per heavy atom. The Labute approximate surface area is 135 Å². The molecule has 120 valence electrons. The van der Waals surface area contributed by atoms with E-state index >= 15 is 0 Å². The van der Waals surface area contributed by atoms with E-state index in [9.17, 15) is 10.1 Å². The Bertz CT molecular complexity index is 587. The largest absolute Gasteiger partial charge is 0.337 e. The van der Waals surface area contributed by atoms with Crippen molar-refractivity contribution in [1.82, 2.24) is 20.1 Å². The van der Waals surface area contributed by atoms with E-state index in [1.54, 1.807) is 6.92 Å². The molecule has 1 saturated carbocycles. The van der Waals surface area contributed by atoms with E-state index in [4.69, 9.17) is 0 Å². The summed E-state index contributed by atoms with van der Waals surface area (Å²) >= 11 is 1.38. The van der Waals surface area contributed by atoms with Crippen LogP contribution in [-0.4, -0.2) is 32.0 Å². The Morgan fingerprint density at radius 2 is 2.23 bits per heavy atom. The molecule has 1 aliphatic carbocycles. The molecule has 0 unspecified atom stereocenters. The van der Waals surface area contributed by atoms with Crippen LogP contribution < -0.4 is 5.32 Å². The van der Waals surface area contributed by atoms with Crippen LogP contribution in [0.4, 0.5) is 0 Å². The summed E-state index contributed by atoms with van der Waals surface area (Å²) < 4.78 is 2.08. The van der Waals surface area contributed by atoms with E-state index < -0.39 is 5.54 Å². The number of nitrogens with zero attached hydrogens (tertiary/aromatic N) is 4. The first kappa shape index (κ1) is 16.8. The molecule has 1 fully saturated rings. The summed E-state index contributed by atoms with van der Waals surface area (Å²) in [6.45, 7) is 8.47. The van der Waals surface area contributed by atoms with Crippen LogP contribution >= 0.6 is 11.8 Å². The molecular weight excluding hydrogens is 298 g/mol. The van der Waals surface area contributed by atoms with Gasteiger partial charge in [-0.15, -0.1) is 10.2 Å². The van der Waals surface area contributed by atoms with E-state index in [0.717, 1.165) is 17.5 Å². The van der Waals surface area contributed by atoms with Gasteiger partial charge in [-0.2, -0.15) is 5.26 Å². The fourth-order valence-corrected chi connectivity index (χ4v) is 2.91. The molecule has 1 aromatic rings. The Balaban J connectivity index is 1.96. The van der Waals surface area contributed by atoms with Gasteiger partial charge in [0.25, 0.3) is 0 Å². The predicted molar refractivity (Wildman–Crippen MR) is 85.4 cm³/mol. The summed E-state index contributed by atoms with van der Waals surface area (Å²) in [7, 11) is 0. The molecule has 1 heterocycles. The summed E-state index contributed by atoms with van der Waals surface area (Å²) in [5.41, 5.74) is -0.838. The molecule has 1 N–H and O–H groups in total. The van der Waals surface area contributed by atoms with Crippen molar-refractivity contribution in [3.8, 4) is 6.07 Å². The van der Waals surface area contributed by atoms with Crippen LogP contribution in [0.1, 0.15) is 52.3 Å². The Morgan fingerprint density at radius 1 is 1.55 bits per heavy atom. The minimum atomic E-state index is -0.838. The van der Waals surface area contributed by atoms with Crippen LogP contribution in [0.15, 0.2) is 5.16 Å². The fourth-order valence-electron chi connectivity index (χ4n) is 2.10. The van der Waals surface area contributed by atoms with Crippen LogP contribution in [0.5, 0.6) is 0 Å². The zero-order chi connectivity index (χ0) is 16.3. The van der Waals surface area contributed by atoms with Crippen molar-refractivity contribution in [2.75, 3.05) is 5.75 Å². The van der Waals surface area contributed by atoms with Crippen molar-refractivity contribution < 1.29 is 4.79 Å². The van der Waals surface area contributed by atoms with E-state index in [1.807, 2.05) is 13.8 Å². The second-order valence-corrected chi connectivity index (χ2v) is 7.11. The minimum absolute atomic E-state index is 0.0483. The third-order valence-corrected chi connectivity index (χ3v) is 5.09. The normalized spacial score (nSPS) is 17.1. The maximum absolute atomic E-state index is 12.1. The van der Waals surface area contributed by atoms with Crippen LogP contribution in [-0.2, 0) is 11.3 Å². The number of carbonyl (C=O) groups excluding carboxylic acids is 1. The number of aromatic nitrogens is 3. The maximum Gasteiger partial charge on any atom is 0.231 e. The van der Waals surface area contributed by atoms with Crippen molar-refractivity contribution in [3.05, 3.63) is 5.82 Å². The first-order chi connectivity index (χ1) is 10.4. The lowest BCUT2D eigenvalue weighted by molar-refractivity contribution is -0.120. The van der Waals surface area contributed by atoms with Crippen molar-refractivity contribution in [2.45, 2.75) is 63.7 Å². The average molecular weight is 321 g/mol. The summed E-state index contributed by atoms with van der Waals surface area (Å²) in [6, 6.07) is 2.18. The van der Waals surface area contributed by atoms with Crippen LogP contribution in [0.2, 0.25) is 0 Å². The zero-order valence-corrected chi connectivity index (χ0v) is 14.4. The second kappa shape index (κ2) is 6.69. The SMILES string of the molecule is CCn1c(SCC(=O)N[C@@](C)(C#N)C(C)C)nnc1C1CC1. The van der Waals surface area contributed by atoms with Gasteiger partial charge in [0.2, 0.25) is 5.91 Å². The van der Waals surface area contributed by atoms with Gasteiger partial charge in [-0.25, -0.2) is 0 Å². The fraction of sp³-hybridized carbons (Fsp3) is 0.733. The van der Waals surface area contributed by atoms with Gasteiger partial charge in [-0.05, 0) is 32.6 Å². The number of nitrogens with one attached hydrogen (secondary N) is 1. The summed E-state index contributed by atoms with van der Waals surface area (Å²) in [5.74, 6) is 1.72. The van der Waals surface area contributed by atoms with Crippen molar-refractivity contribution in [2.24, 2.45) is 5.92 Å². The lowest BCUT2D eigenvalue weighted by Gasteiger charge is -2.27. The molecular formula is C15H23N5OS. The number of amides is 1.